The minimum atomic E-state index is -4.44. The maximum atomic E-state index is 13.1. The van der Waals surface area contributed by atoms with E-state index in [1.807, 2.05) is 7.05 Å². The van der Waals surface area contributed by atoms with Crippen LogP contribution in [0.3, 0.4) is 0 Å². The van der Waals surface area contributed by atoms with Gasteiger partial charge in [-0.2, -0.15) is 18.2 Å². The summed E-state index contributed by atoms with van der Waals surface area (Å²) in [6, 6.07) is 17.0. The number of carbonyl (C=O) groups is 1. The van der Waals surface area contributed by atoms with E-state index < -0.39 is 11.7 Å². The molecule has 4 aromatic rings. The minimum absolute atomic E-state index is 0.173. The number of aromatic nitrogens is 3. The fraction of sp³-hybridized carbons (Fsp3) is 0.269. The molecule has 0 aliphatic heterocycles. The molecule has 0 aliphatic carbocycles. The standard InChI is InChI=1S/C23H21F3N6O.C3H8/c1-27-12-13-28-21(33)15-8-10-18(11-9-15)29-22-30-20-7-3-6-19(32(20)31-22)16-4-2-5-17(14-16)23(24,25)26;1-3-2/h2-11,14,27H,12-13H2,1H3,(H,28,33)(H,29,31);3H2,1-2H3. The summed E-state index contributed by atoms with van der Waals surface area (Å²) in [4.78, 5) is 16.5. The topological polar surface area (TPSA) is 83.3 Å². The molecular weight excluding hydrogens is 469 g/mol. The third-order valence-electron chi connectivity index (χ3n) is 4.91. The molecule has 3 N–H and O–H groups in total. The highest BCUT2D eigenvalue weighted by Gasteiger charge is 2.30. The van der Waals surface area contributed by atoms with Crippen LogP contribution in [0.4, 0.5) is 24.8 Å². The molecule has 2 aromatic carbocycles. The van der Waals surface area contributed by atoms with Crippen LogP contribution >= 0.6 is 0 Å². The molecule has 36 heavy (non-hydrogen) atoms. The summed E-state index contributed by atoms with van der Waals surface area (Å²) >= 11 is 0. The smallest absolute Gasteiger partial charge is 0.351 e. The average Bonchev–Trinajstić information content (AvgIpc) is 3.27. The molecule has 0 fully saturated rings. The van der Waals surface area contributed by atoms with Gasteiger partial charge in [-0.1, -0.05) is 38.5 Å². The van der Waals surface area contributed by atoms with Crippen molar-refractivity contribution in [3.8, 4) is 11.3 Å². The van der Waals surface area contributed by atoms with Crippen LogP contribution in [0.2, 0.25) is 0 Å². The van der Waals surface area contributed by atoms with E-state index in [-0.39, 0.29) is 11.9 Å². The van der Waals surface area contributed by atoms with Crippen LogP contribution in [0.1, 0.15) is 36.2 Å². The lowest BCUT2D eigenvalue weighted by atomic mass is 10.1. The van der Waals surface area contributed by atoms with Crippen molar-refractivity contribution in [3.05, 3.63) is 77.9 Å². The third-order valence-corrected chi connectivity index (χ3v) is 4.91. The van der Waals surface area contributed by atoms with Crippen LogP contribution < -0.4 is 16.0 Å². The number of fused-ring (bicyclic) bond motifs is 1. The average molecular weight is 499 g/mol. The Hall–Kier alpha value is -3.92. The van der Waals surface area contributed by atoms with Crippen LogP contribution in [0.15, 0.2) is 66.7 Å². The molecule has 0 aliphatic rings. The Labute approximate surface area is 207 Å². The number of anilines is 2. The lowest BCUT2D eigenvalue weighted by Gasteiger charge is -2.09. The predicted octanol–water partition coefficient (Wildman–Crippen LogP) is 5.52. The van der Waals surface area contributed by atoms with Crippen molar-refractivity contribution in [2.24, 2.45) is 0 Å². The molecule has 0 bridgehead atoms. The Balaban J connectivity index is 0.00000115. The van der Waals surface area contributed by atoms with Crippen LogP contribution in [0.25, 0.3) is 16.9 Å². The van der Waals surface area contributed by atoms with E-state index in [0.717, 1.165) is 12.1 Å². The maximum absolute atomic E-state index is 13.1. The summed E-state index contributed by atoms with van der Waals surface area (Å²) in [6.45, 7) is 5.45. The van der Waals surface area contributed by atoms with Crippen LogP contribution in [-0.2, 0) is 6.18 Å². The van der Waals surface area contributed by atoms with Gasteiger partial charge in [-0.15, -0.1) is 5.10 Å². The Kier molecular flexibility index (Phi) is 9.02. The lowest BCUT2D eigenvalue weighted by molar-refractivity contribution is -0.137. The number of carbonyl (C=O) groups excluding carboxylic acids is 1. The van der Waals surface area contributed by atoms with Gasteiger partial charge in [0.05, 0.1) is 11.3 Å². The van der Waals surface area contributed by atoms with E-state index in [0.29, 0.717) is 41.2 Å². The number of halogens is 3. The summed E-state index contributed by atoms with van der Waals surface area (Å²) in [5.41, 5.74) is 1.79. The normalized spacial score (nSPS) is 11.1. The molecular formula is C26H29F3N6O. The van der Waals surface area contributed by atoms with Crippen molar-refractivity contribution in [3.63, 3.8) is 0 Å². The first-order valence-electron chi connectivity index (χ1n) is 11.6. The number of pyridine rings is 1. The molecule has 0 atom stereocenters. The quantitative estimate of drug-likeness (QED) is 0.292. The summed E-state index contributed by atoms with van der Waals surface area (Å²) in [6.07, 6.45) is -3.19. The number of alkyl halides is 3. The number of nitrogens with one attached hydrogen (secondary N) is 3. The van der Waals surface area contributed by atoms with Crippen LogP contribution in [0, 0.1) is 0 Å². The van der Waals surface area contributed by atoms with E-state index in [2.05, 4.69) is 39.9 Å². The number of likely N-dealkylation sites (N-methyl/N-ethyl adjacent to an activating group) is 1. The third kappa shape index (κ3) is 6.82. The van der Waals surface area contributed by atoms with Gasteiger partial charge in [-0.05, 0) is 55.6 Å². The second-order valence-electron chi connectivity index (χ2n) is 7.96. The first-order valence-corrected chi connectivity index (χ1v) is 11.6. The summed E-state index contributed by atoms with van der Waals surface area (Å²) < 4.78 is 40.9. The van der Waals surface area contributed by atoms with Gasteiger partial charge < -0.3 is 16.0 Å². The highest BCUT2D eigenvalue weighted by atomic mass is 19.4. The molecule has 0 saturated heterocycles. The van der Waals surface area contributed by atoms with Crippen molar-refractivity contribution < 1.29 is 18.0 Å². The molecule has 2 heterocycles. The second-order valence-corrected chi connectivity index (χ2v) is 7.96. The Morgan fingerprint density at radius 2 is 1.67 bits per heavy atom. The molecule has 2 aromatic heterocycles. The SMILES string of the molecule is CCC.CNCCNC(=O)c1ccc(Nc2nc3cccc(-c4cccc(C(F)(F)F)c4)n3n2)cc1. The zero-order chi connectivity index (χ0) is 26.1. The molecule has 1 amide bonds. The molecule has 190 valence electrons. The largest absolute Gasteiger partial charge is 0.416 e. The minimum Gasteiger partial charge on any atom is -0.351 e. The highest BCUT2D eigenvalue weighted by molar-refractivity contribution is 5.94. The monoisotopic (exact) mass is 498 g/mol. The Morgan fingerprint density at radius 3 is 2.33 bits per heavy atom. The van der Waals surface area contributed by atoms with Crippen LogP contribution in [0.5, 0.6) is 0 Å². The maximum Gasteiger partial charge on any atom is 0.416 e. The Bertz CT molecular complexity index is 1290. The van der Waals surface area contributed by atoms with Crippen molar-refractivity contribution in [2.45, 2.75) is 26.4 Å². The zero-order valence-electron chi connectivity index (χ0n) is 20.4. The number of hydrogen-bond donors (Lipinski definition) is 3. The number of amides is 1. The molecule has 0 saturated carbocycles. The number of hydrogen-bond acceptors (Lipinski definition) is 5. The predicted molar refractivity (Wildman–Crippen MR) is 135 cm³/mol. The van der Waals surface area contributed by atoms with Crippen molar-refractivity contribution in [1.82, 2.24) is 25.2 Å². The number of nitrogens with zero attached hydrogens (tertiary/aromatic N) is 3. The van der Waals surface area contributed by atoms with Gasteiger partial charge in [0.25, 0.3) is 5.91 Å². The van der Waals surface area contributed by atoms with E-state index in [1.54, 1.807) is 48.5 Å². The molecule has 10 heteroatoms. The van der Waals surface area contributed by atoms with Gasteiger partial charge in [0.2, 0.25) is 5.95 Å². The van der Waals surface area contributed by atoms with Gasteiger partial charge in [-0.3, -0.25) is 4.79 Å². The van der Waals surface area contributed by atoms with Gasteiger partial charge in [0.1, 0.15) is 0 Å². The van der Waals surface area contributed by atoms with E-state index in [9.17, 15) is 18.0 Å². The first-order chi connectivity index (χ1) is 17.3. The van der Waals surface area contributed by atoms with E-state index >= 15 is 0 Å². The first kappa shape index (κ1) is 26.7. The molecule has 0 spiro atoms. The molecule has 7 nitrogen and oxygen atoms in total. The zero-order valence-corrected chi connectivity index (χ0v) is 20.4. The summed E-state index contributed by atoms with van der Waals surface area (Å²) in [7, 11) is 1.81. The fourth-order valence-corrected chi connectivity index (χ4v) is 3.27. The van der Waals surface area contributed by atoms with E-state index in [1.165, 1.54) is 17.0 Å². The van der Waals surface area contributed by atoms with E-state index in [4.69, 9.17) is 0 Å². The fourth-order valence-electron chi connectivity index (χ4n) is 3.27. The summed E-state index contributed by atoms with van der Waals surface area (Å²) in [5, 5.41) is 13.2. The number of benzene rings is 2. The van der Waals surface area contributed by atoms with Crippen molar-refractivity contribution in [2.75, 3.05) is 25.5 Å². The van der Waals surface area contributed by atoms with Gasteiger partial charge >= 0.3 is 6.18 Å². The van der Waals surface area contributed by atoms with Gasteiger partial charge in [0, 0.05) is 29.9 Å². The van der Waals surface area contributed by atoms with Crippen molar-refractivity contribution in [1.29, 1.82) is 0 Å². The molecule has 4 rings (SSSR count). The highest BCUT2D eigenvalue weighted by Crippen LogP contribution is 2.32. The summed E-state index contributed by atoms with van der Waals surface area (Å²) in [5.74, 6) is 0.106. The second kappa shape index (κ2) is 12.2. The van der Waals surface area contributed by atoms with Crippen LogP contribution in [-0.4, -0.2) is 40.6 Å². The molecule has 0 radical (unpaired) electrons. The van der Waals surface area contributed by atoms with Crippen molar-refractivity contribution >= 4 is 23.2 Å². The number of rotatable bonds is 7. The van der Waals surface area contributed by atoms with Gasteiger partial charge in [0.15, 0.2) is 5.65 Å². The Morgan fingerprint density at radius 1 is 0.972 bits per heavy atom. The molecule has 0 unspecified atom stereocenters. The lowest BCUT2D eigenvalue weighted by Crippen LogP contribution is -2.30. The van der Waals surface area contributed by atoms with Gasteiger partial charge in [-0.25, -0.2) is 4.52 Å².